The topological polar surface area (TPSA) is 15.3 Å². The second kappa shape index (κ2) is 6.27. The minimum Gasteiger partial charge on any atom is -0.381 e. The van der Waals surface area contributed by atoms with E-state index >= 15 is 0 Å². The lowest BCUT2D eigenvalue weighted by molar-refractivity contribution is 0.177. The summed E-state index contributed by atoms with van der Waals surface area (Å²) < 4.78 is 1.02. The molecule has 0 aromatic heterocycles. The zero-order valence-corrected chi connectivity index (χ0v) is 13.3. The first-order chi connectivity index (χ1) is 8.56. The van der Waals surface area contributed by atoms with Crippen LogP contribution in [0.5, 0.6) is 0 Å². The smallest absolute Gasteiger partial charge is 0.0648 e. The van der Waals surface area contributed by atoms with Crippen molar-refractivity contribution in [3.8, 4) is 0 Å². The summed E-state index contributed by atoms with van der Waals surface area (Å²) in [6, 6.07) is 7.20. The number of nitrogens with zero attached hydrogens (tertiary/aromatic N) is 1. The second-order valence-corrected chi connectivity index (χ2v) is 6.50. The van der Waals surface area contributed by atoms with Crippen molar-refractivity contribution in [1.82, 2.24) is 4.90 Å². The number of piperidine rings is 1. The zero-order valence-electron chi connectivity index (χ0n) is 10.9. The molecule has 0 radical (unpaired) electrons. The SMILES string of the molecule is CC(C)N1CCC(Nc2ccc(Br)cc2Cl)CC1. The lowest BCUT2D eigenvalue weighted by atomic mass is 10.0. The quantitative estimate of drug-likeness (QED) is 0.884. The van der Waals surface area contributed by atoms with Gasteiger partial charge in [-0.15, -0.1) is 0 Å². The van der Waals surface area contributed by atoms with E-state index in [2.05, 4.69) is 40.0 Å². The summed E-state index contributed by atoms with van der Waals surface area (Å²) in [6.45, 7) is 6.87. The van der Waals surface area contributed by atoms with Gasteiger partial charge in [0, 0.05) is 29.6 Å². The first-order valence-corrected chi connectivity index (χ1v) is 7.69. The summed E-state index contributed by atoms with van der Waals surface area (Å²) in [4.78, 5) is 2.53. The molecular formula is C14H20BrClN2. The molecule has 4 heteroatoms. The second-order valence-electron chi connectivity index (χ2n) is 5.17. The van der Waals surface area contributed by atoms with Crippen molar-refractivity contribution >= 4 is 33.2 Å². The molecule has 100 valence electrons. The minimum absolute atomic E-state index is 0.540. The monoisotopic (exact) mass is 330 g/mol. The summed E-state index contributed by atoms with van der Waals surface area (Å²) in [7, 11) is 0. The fraction of sp³-hybridized carbons (Fsp3) is 0.571. The molecule has 0 atom stereocenters. The molecule has 0 unspecified atom stereocenters. The number of likely N-dealkylation sites (tertiary alicyclic amines) is 1. The Morgan fingerprint density at radius 3 is 2.56 bits per heavy atom. The van der Waals surface area contributed by atoms with E-state index in [9.17, 15) is 0 Å². The molecule has 0 spiro atoms. The Morgan fingerprint density at radius 1 is 1.33 bits per heavy atom. The average molecular weight is 332 g/mol. The molecule has 1 N–H and O–H groups in total. The fourth-order valence-corrected chi connectivity index (χ4v) is 3.11. The summed E-state index contributed by atoms with van der Waals surface area (Å²) in [6.07, 6.45) is 2.37. The van der Waals surface area contributed by atoms with E-state index in [4.69, 9.17) is 11.6 Å². The van der Waals surface area contributed by atoms with Crippen LogP contribution in [0.15, 0.2) is 22.7 Å². The molecule has 0 amide bonds. The molecule has 2 nitrogen and oxygen atoms in total. The number of rotatable bonds is 3. The first-order valence-electron chi connectivity index (χ1n) is 6.52. The molecule has 0 bridgehead atoms. The van der Waals surface area contributed by atoms with Gasteiger partial charge < -0.3 is 10.2 Å². The Bertz CT molecular complexity index is 401. The van der Waals surface area contributed by atoms with Crippen LogP contribution in [-0.4, -0.2) is 30.1 Å². The number of anilines is 1. The van der Waals surface area contributed by atoms with Crippen LogP contribution < -0.4 is 5.32 Å². The van der Waals surface area contributed by atoms with E-state index in [0.29, 0.717) is 12.1 Å². The van der Waals surface area contributed by atoms with Gasteiger partial charge in [-0.3, -0.25) is 0 Å². The highest BCUT2D eigenvalue weighted by atomic mass is 79.9. The number of nitrogens with one attached hydrogen (secondary N) is 1. The van der Waals surface area contributed by atoms with E-state index < -0.39 is 0 Å². The highest BCUT2D eigenvalue weighted by Crippen LogP contribution is 2.27. The molecule has 1 aliphatic heterocycles. The molecule has 0 aliphatic carbocycles. The number of hydrogen-bond donors (Lipinski definition) is 1. The van der Waals surface area contributed by atoms with Gasteiger partial charge >= 0.3 is 0 Å². The van der Waals surface area contributed by atoms with Crippen LogP contribution >= 0.6 is 27.5 Å². The van der Waals surface area contributed by atoms with Crippen molar-refractivity contribution < 1.29 is 0 Å². The predicted octanol–water partition coefficient (Wildman–Crippen LogP) is 4.39. The van der Waals surface area contributed by atoms with E-state index in [0.717, 1.165) is 15.2 Å². The summed E-state index contributed by atoms with van der Waals surface area (Å²) >= 11 is 9.65. The Morgan fingerprint density at radius 2 is 2.00 bits per heavy atom. The van der Waals surface area contributed by atoms with Crippen LogP contribution in [0.4, 0.5) is 5.69 Å². The molecule has 1 aromatic rings. The van der Waals surface area contributed by atoms with E-state index in [-0.39, 0.29) is 0 Å². The third-order valence-corrected chi connectivity index (χ3v) is 4.36. The maximum absolute atomic E-state index is 6.22. The first kappa shape index (κ1) is 14.2. The summed E-state index contributed by atoms with van der Waals surface area (Å²) in [5.41, 5.74) is 1.04. The molecule has 1 heterocycles. The van der Waals surface area contributed by atoms with Gasteiger partial charge in [0.15, 0.2) is 0 Å². The van der Waals surface area contributed by atoms with Crippen molar-refractivity contribution in [3.05, 3.63) is 27.7 Å². The Balaban J connectivity index is 1.91. The van der Waals surface area contributed by atoms with Gasteiger partial charge in [0.1, 0.15) is 0 Å². The molecule has 0 saturated carbocycles. The summed E-state index contributed by atoms with van der Waals surface area (Å²) in [5, 5.41) is 4.34. The lowest BCUT2D eigenvalue weighted by Gasteiger charge is -2.35. The van der Waals surface area contributed by atoms with Gasteiger partial charge in [-0.2, -0.15) is 0 Å². The molecule has 1 aliphatic rings. The fourth-order valence-electron chi connectivity index (χ4n) is 2.39. The standard InChI is InChI=1S/C14H20BrClN2/c1-10(2)18-7-5-12(6-8-18)17-14-4-3-11(15)9-13(14)16/h3-4,9-10,12,17H,5-8H2,1-2H3. The van der Waals surface area contributed by atoms with Crippen molar-refractivity contribution in [2.24, 2.45) is 0 Å². The average Bonchev–Trinajstić information content (AvgIpc) is 2.33. The van der Waals surface area contributed by atoms with Crippen LogP contribution in [-0.2, 0) is 0 Å². The minimum atomic E-state index is 0.540. The largest absolute Gasteiger partial charge is 0.381 e. The predicted molar refractivity (Wildman–Crippen MR) is 82.5 cm³/mol. The van der Waals surface area contributed by atoms with Crippen LogP contribution in [0.3, 0.4) is 0 Å². The Hall–Kier alpha value is -0.250. The van der Waals surface area contributed by atoms with Crippen molar-refractivity contribution in [3.63, 3.8) is 0 Å². The molecule has 1 fully saturated rings. The van der Waals surface area contributed by atoms with Crippen LogP contribution in [0.1, 0.15) is 26.7 Å². The van der Waals surface area contributed by atoms with Crippen molar-refractivity contribution in [2.45, 2.75) is 38.8 Å². The number of hydrogen-bond acceptors (Lipinski definition) is 2. The van der Waals surface area contributed by atoms with Crippen LogP contribution in [0, 0.1) is 0 Å². The zero-order chi connectivity index (χ0) is 13.1. The Kier molecular flexibility index (Phi) is 4.93. The van der Waals surface area contributed by atoms with Gasteiger partial charge in [-0.1, -0.05) is 27.5 Å². The van der Waals surface area contributed by atoms with Crippen LogP contribution in [0.25, 0.3) is 0 Å². The van der Waals surface area contributed by atoms with E-state index in [1.807, 2.05) is 18.2 Å². The van der Waals surface area contributed by atoms with Gasteiger partial charge in [0.25, 0.3) is 0 Å². The van der Waals surface area contributed by atoms with Gasteiger partial charge in [-0.05, 0) is 44.9 Å². The van der Waals surface area contributed by atoms with Crippen molar-refractivity contribution in [1.29, 1.82) is 0 Å². The van der Waals surface area contributed by atoms with Crippen LogP contribution in [0.2, 0.25) is 5.02 Å². The van der Waals surface area contributed by atoms with Crippen molar-refractivity contribution in [2.75, 3.05) is 18.4 Å². The molecule has 1 aromatic carbocycles. The van der Waals surface area contributed by atoms with Gasteiger partial charge in [0.2, 0.25) is 0 Å². The van der Waals surface area contributed by atoms with E-state index in [1.165, 1.54) is 25.9 Å². The third-order valence-electron chi connectivity index (χ3n) is 3.55. The summed E-state index contributed by atoms with van der Waals surface area (Å²) in [5.74, 6) is 0. The normalized spacial score (nSPS) is 18.3. The molecular weight excluding hydrogens is 312 g/mol. The maximum atomic E-state index is 6.22. The maximum Gasteiger partial charge on any atom is 0.0648 e. The molecule has 1 saturated heterocycles. The third kappa shape index (κ3) is 3.62. The van der Waals surface area contributed by atoms with Gasteiger partial charge in [0.05, 0.1) is 10.7 Å². The number of halogens is 2. The lowest BCUT2D eigenvalue weighted by Crippen LogP contribution is -2.42. The molecule has 2 rings (SSSR count). The van der Waals surface area contributed by atoms with Gasteiger partial charge in [-0.25, -0.2) is 0 Å². The highest BCUT2D eigenvalue weighted by molar-refractivity contribution is 9.10. The molecule has 18 heavy (non-hydrogen) atoms. The Labute approximate surface area is 123 Å². The van der Waals surface area contributed by atoms with E-state index in [1.54, 1.807) is 0 Å². The number of benzene rings is 1. The highest BCUT2D eigenvalue weighted by Gasteiger charge is 2.20.